The molecule has 7 heteroatoms. The minimum Gasteiger partial charge on any atom is -0.329 e. The van der Waals surface area contributed by atoms with Crippen LogP contribution in [0.25, 0.3) is 10.9 Å². The molecule has 1 saturated heterocycles. The number of anilines is 1. The van der Waals surface area contributed by atoms with Gasteiger partial charge in [0.1, 0.15) is 5.52 Å². The monoisotopic (exact) mass is 381 g/mol. The number of likely N-dealkylation sites (N-methyl/N-ethyl adjacent to an activating group) is 1. The Morgan fingerprint density at radius 2 is 2.11 bits per heavy atom. The van der Waals surface area contributed by atoms with Crippen molar-refractivity contribution in [3.05, 3.63) is 60.0 Å². The molecule has 0 aliphatic carbocycles. The third-order valence-corrected chi connectivity index (χ3v) is 5.42. The molecule has 146 valence electrons. The zero-order chi connectivity index (χ0) is 19.5. The highest BCUT2D eigenvalue weighted by atomic mass is 19.1. The van der Waals surface area contributed by atoms with Gasteiger partial charge in [-0.2, -0.15) is 5.10 Å². The Balaban J connectivity index is 1.54. The molecule has 0 bridgehead atoms. The Hall–Kier alpha value is -2.93. The first kappa shape index (κ1) is 18.4. The number of hydrogen-bond donors (Lipinski definition) is 3. The summed E-state index contributed by atoms with van der Waals surface area (Å²) in [4.78, 5) is 15.0. The van der Waals surface area contributed by atoms with Crippen LogP contribution in [-0.2, 0) is 0 Å². The Morgan fingerprint density at radius 3 is 2.89 bits per heavy atom. The molecule has 0 spiro atoms. The number of carbonyl (C=O) groups excluding carboxylic acids is 1. The van der Waals surface area contributed by atoms with E-state index in [1.54, 1.807) is 6.07 Å². The van der Waals surface area contributed by atoms with Crippen LogP contribution in [-0.4, -0.2) is 40.8 Å². The molecule has 3 N–H and O–H groups in total. The number of benzene rings is 2. The van der Waals surface area contributed by atoms with Gasteiger partial charge in [-0.3, -0.25) is 5.10 Å². The van der Waals surface area contributed by atoms with E-state index in [4.69, 9.17) is 0 Å². The topological polar surface area (TPSA) is 73.1 Å². The zero-order valence-corrected chi connectivity index (χ0v) is 15.8. The molecule has 1 aliphatic heterocycles. The molecule has 2 aromatic carbocycles. The number of urea groups is 1. The van der Waals surface area contributed by atoms with E-state index >= 15 is 0 Å². The van der Waals surface area contributed by atoms with E-state index in [1.165, 1.54) is 18.7 Å². The number of hydrogen-bond acceptors (Lipinski definition) is 3. The average molecular weight is 381 g/mol. The summed E-state index contributed by atoms with van der Waals surface area (Å²) in [6.45, 7) is 1.01. The first-order valence-corrected chi connectivity index (χ1v) is 9.57. The van der Waals surface area contributed by atoms with Crippen LogP contribution in [0, 0.1) is 5.82 Å². The van der Waals surface area contributed by atoms with E-state index < -0.39 is 5.82 Å². The van der Waals surface area contributed by atoms with Gasteiger partial charge in [0.15, 0.2) is 5.82 Å². The summed E-state index contributed by atoms with van der Waals surface area (Å²) < 4.78 is 14.2. The minimum absolute atomic E-state index is 0.144. The first-order chi connectivity index (χ1) is 13.6. The molecule has 2 atom stereocenters. The SMILES string of the molecule is CN1CCCC[C@@H]1[C@H](NC(=O)Nc1cc(F)c2[nH]ncc2c1)c1ccccc1. The minimum atomic E-state index is -0.447. The molecule has 0 saturated carbocycles. The zero-order valence-electron chi connectivity index (χ0n) is 15.8. The number of H-pyrrole nitrogens is 1. The summed E-state index contributed by atoms with van der Waals surface area (Å²) >= 11 is 0. The van der Waals surface area contributed by atoms with Crippen molar-refractivity contribution >= 4 is 22.6 Å². The lowest BCUT2D eigenvalue weighted by Gasteiger charge is -2.38. The van der Waals surface area contributed by atoms with Crippen molar-refractivity contribution in [1.82, 2.24) is 20.4 Å². The molecule has 0 radical (unpaired) electrons. The number of aromatic amines is 1. The van der Waals surface area contributed by atoms with Gasteiger partial charge in [-0.05, 0) is 44.1 Å². The molecule has 28 heavy (non-hydrogen) atoms. The molecule has 1 aliphatic rings. The van der Waals surface area contributed by atoms with Gasteiger partial charge in [-0.1, -0.05) is 36.8 Å². The second kappa shape index (κ2) is 7.98. The van der Waals surface area contributed by atoms with Crippen LogP contribution in [0.4, 0.5) is 14.9 Å². The van der Waals surface area contributed by atoms with Crippen molar-refractivity contribution in [2.75, 3.05) is 18.9 Å². The second-order valence-electron chi connectivity index (χ2n) is 7.32. The maximum Gasteiger partial charge on any atom is 0.319 e. The first-order valence-electron chi connectivity index (χ1n) is 9.57. The number of rotatable bonds is 4. The van der Waals surface area contributed by atoms with Gasteiger partial charge in [-0.15, -0.1) is 0 Å². The van der Waals surface area contributed by atoms with Crippen molar-refractivity contribution in [1.29, 1.82) is 0 Å². The van der Waals surface area contributed by atoms with Crippen LogP contribution in [0.3, 0.4) is 0 Å². The molecule has 4 rings (SSSR count). The van der Waals surface area contributed by atoms with E-state index in [-0.39, 0.29) is 18.1 Å². The second-order valence-corrected chi connectivity index (χ2v) is 7.32. The number of amides is 2. The molecule has 0 unspecified atom stereocenters. The van der Waals surface area contributed by atoms with Crippen molar-refractivity contribution in [3.8, 4) is 0 Å². The summed E-state index contributed by atoms with van der Waals surface area (Å²) in [6.07, 6.45) is 4.87. The van der Waals surface area contributed by atoms with E-state index in [2.05, 4.69) is 32.8 Å². The van der Waals surface area contributed by atoms with Crippen LogP contribution in [0.1, 0.15) is 30.9 Å². The number of carbonyl (C=O) groups is 1. The molecule has 3 aromatic rings. The van der Waals surface area contributed by atoms with Gasteiger partial charge >= 0.3 is 6.03 Å². The van der Waals surface area contributed by atoms with Crippen molar-refractivity contribution < 1.29 is 9.18 Å². The maximum absolute atomic E-state index is 14.2. The fourth-order valence-electron chi connectivity index (χ4n) is 3.98. The van der Waals surface area contributed by atoms with Gasteiger partial charge in [0, 0.05) is 17.1 Å². The van der Waals surface area contributed by atoms with E-state index in [0.717, 1.165) is 24.9 Å². The molecular weight excluding hydrogens is 357 g/mol. The summed E-state index contributed by atoms with van der Waals surface area (Å²) in [5.74, 6) is -0.447. The Morgan fingerprint density at radius 1 is 1.29 bits per heavy atom. The summed E-state index contributed by atoms with van der Waals surface area (Å²) in [5, 5.41) is 12.9. The van der Waals surface area contributed by atoms with Crippen molar-refractivity contribution in [2.45, 2.75) is 31.3 Å². The van der Waals surface area contributed by atoms with Gasteiger partial charge in [0.05, 0.1) is 12.2 Å². The highest BCUT2D eigenvalue weighted by Crippen LogP contribution is 2.28. The maximum atomic E-state index is 14.2. The van der Waals surface area contributed by atoms with Gasteiger partial charge in [0.25, 0.3) is 0 Å². The normalized spacial score (nSPS) is 18.7. The largest absolute Gasteiger partial charge is 0.329 e. The number of fused-ring (bicyclic) bond motifs is 1. The summed E-state index contributed by atoms with van der Waals surface area (Å²) in [6, 6.07) is 12.7. The smallest absolute Gasteiger partial charge is 0.319 e. The number of halogens is 1. The van der Waals surface area contributed by atoms with Crippen molar-refractivity contribution in [3.63, 3.8) is 0 Å². The summed E-state index contributed by atoms with van der Waals surface area (Å²) in [7, 11) is 2.10. The predicted molar refractivity (Wildman–Crippen MR) is 108 cm³/mol. The molecule has 6 nitrogen and oxygen atoms in total. The fourth-order valence-corrected chi connectivity index (χ4v) is 3.98. The Kier molecular flexibility index (Phi) is 5.25. The molecule has 1 fully saturated rings. The number of likely N-dealkylation sites (tertiary alicyclic amines) is 1. The molecule has 1 aromatic heterocycles. The number of nitrogens with one attached hydrogen (secondary N) is 3. The Bertz CT molecular complexity index is 958. The van der Waals surface area contributed by atoms with Crippen LogP contribution in [0.15, 0.2) is 48.7 Å². The van der Waals surface area contributed by atoms with E-state index in [1.807, 2.05) is 30.3 Å². The quantitative estimate of drug-likeness (QED) is 0.638. The Labute approximate surface area is 163 Å². The highest BCUT2D eigenvalue weighted by molar-refractivity contribution is 5.93. The van der Waals surface area contributed by atoms with Crippen LogP contribution >= 0.6 is 0 Å². The van der Waals surface area contributed by atoms with Crippen molar-refractivity contribution in [2.24, 2.45) is 0 Å². The number of aromatic nitrogens is 2. The average Bonchev–Trinajstić information content (AvgIpc) is 3.17. The number of nitrogens with zero attached hydrogens (tertiary/aromatic N) is 2. The molecular formula is C21H24FN5O. The third-order valence-electron chi connectivity index (χ3n) is 5.42. The van der Waals surface area contributed by atoms with Crippen LogP contribution < -0.4 is 10.6 Å². The lowest BCUT2D eigenvalue weighted by molar-refractivity contribution is 0.147. The lowest BCUT2D eigenvalue weighted by Crippen LogP contribution is -2.48. The molecule has 2 amide bonds. The van der Waals surface area contributed by atoms with E-state index in [0.29, 0.717) is 16.6 Å². The van der Waals surface area contributed by atoms with Gasteiger partial charge in [0.2, 0.25) is 0 Å². The summed E-state index contributed by atoms with van der Waals surface area (Å²) in [5.41, 5.74) is 1.79. The predicted octanol–water partition coefficient (Wildman–Crippen LogP) is 4.05. The van der Waals surface area contributed by atoms with Crippen LogP contribution in [0.2, 0.25) is 0 Å². The fraction of sp³-hybridized carbons (Fsp3) is 0.333. The number of piperidine rings is 1. The van der Waals surface area contributed by atoms with Crippen LogP contribution in [0.5, 0.6) is 0 Å². The third kappa shape index (κ3) is 3.84. The lowest BCUT2D eigenvalue weighted by atomic mass is 9.91. The van der Waals surface area contributed by atoms with Gasteiger partial charge in [-0.25, -0.2) is 9.18 Å². The van der Waals surface area contributed by atoms with E-state index in [9.17, 15) is 9.18 Å². The highest BCUT2D eigenvalue weighted by Gasteiger charge is 2.30. The van der Waals surface area contributed by atoms with Gasteiger partial charge < -0.3 is 15.5 Å². The molecule has 2 heterocycles. The standard InChI is InChI=1S/C21H24FN5O/c1-27-10-6-5-9-18(27)20(14-7-3-2-4-8-14)25-21(28)24-16-11-15-13-23-26-19(15)17(22)12-16/h2-4,7-8,11-13,18,20H,5-6,9-10H2,1H3,(H,23,26)(H2,24,25,28)/t18-,20-/m1/s1.